The normalized spacial score (nSPS) is 15.6. The third kappa shape index (κ3) is 5.03. The fourth-order valence-electron chi connectivity index (χ4n) is 2.90. The largest absolute Gasteiger partial charge is 0.356 e. The molecule has 5 nitrogen and oxygen atoms in total. The maximum Gasteiger partial charge on any atom is 0.256 e. The van der Waals surface area contributed by atoms with Crippen LogP contribution in [0.2, 0.25) is 0 Å². The Morgan fingerprint density at radius 2 is 1.92 bits per heavy atom. The Morgan fingerprint density at radius 3 is 2.54 bits per heavy atom. The first-order valence-electron chi connectivity index (χ1n) is 8.45. The molecule has 0 spiro atoms. The van der Waals surface area contributed by atoms with Gasteiger partial charge < -0.3 is 15.1 Å². The number of likely N-dealkylation sites (tertiary alicyclic amines) is 1. The average Bonchev–Trinajstić information content (AvgIpc) is 2.58. The number of carbonyl (C=O) groups is 2. The SMILES string of the molecule is CN(C)CCCNC(=O)C1CCN(C(=O)c2ccccc2F)CC1. The van der Waals surface area contributed by atoms with Crippen molar-refractivity contribution in [1.82, 2.24) is 15.1 Å². The summed E-state index contributed by atoms with van der Waals surface area (Å²) in [4.78, 5) is 28.2. The van der Waals surface area contributed by atoms with E-state index >= 15 is 0 Å². The van der Waals surface area contributed by atoms with Crippen LogP contribution < -0.4 is 5.32 Å². The summed E-state index contributed by atoms with van der Waals surface area (Å²) in [5.74, 6) is -0.790. The molecule has 0 unspecified atom stereocenters. The van der Waals surface area contributed by atoms with Gasteiger partial charge in [0.1, 0.15) is 5.82 Å². The van der Waals surface area contributed by atoms with Gasteiger partial charge in [-0.1, -0.05) is 12.1 Å². The molecule has 1 fully saturated rings. The fraction of sp³-hybridized carbons (Fsp3) is 0.556. The predicted molar refractivity (Wildman–Crippen MR) is 91.2 cm³/mol. The summed E-state index contributed by atoms with van der Waals surface area (Å²) in [5.41, 5.74) is 0.101. The van der Waals surface area contributed by atoms with Crippen LogP contribution in [0.5, 0.6) is 0 Å². The Labute approximate surface area is 142 Å². The van der Waals surface area contributed by atoms with Crippen molar-refractivity contribution in [2.45, 2.75) is 19.3 Å². The lowest BCUT2D eigenvalue weighted by Crippen LogP contribution is -2.43. The predicted octanol–water partition coefficient (Wildman–Crippen LogP) is 1.75. The highest BCUT2D eigenvalue weighted by molar-refractivity contribution is 5.94. The first-order chi connectivity index (χ1) is 11.5. The quantitative estimate of drug-likeness (QED) is 0.806. The lowest BCUT2D eigenvalue weighted by molar-refractivity contribution is -0.126. The summed E-state index contributed by atoms with van der Waals surface area (Å²) < 4.78 is 13.7. The van der Waals surface area contributed by atoms with Crippen LogP contribution in [0.15, 0.2) is 24.3 Å². The number of benzene rings is 1. The van der Waals surface area contributed by atoms with Gasteiger partial charge in [0.2, 0.25) is 5.91 Å². The van der Waals surface area contributed by atoms with Crippen molar-refractivity contribution in [3.63, 3.8) is 0 Å². The Balaban J connectivity index is 1.78. The van der Waals surface area contributed by atoms with Gasteiger partial charge in [0.15, 0.2) is 0 Å². The molecular formula is C18H26FN3O2. The van der Waals surface area contributed by atoms with Gasteiger partial charge in [-0.3, -0.25) is 9.59 Å². The fourth-order valence-corrected chi connectivity index (χ4v) is 2.90. The molecule has 0 atom stereocenters. The Kier molecular flexibility index (Phi) is 6.73. The Morgan fingerprint density at radius 1 is 1.25 bits per heavy atom. The van der Waals surface area contributed by atoms with Gasteiger partial charge in [-0.25, -0.2) is 4.39 Å². The number of nitrogens with one attached hydrogen (secondary N) is 1. The Bertz CT molecular complexity index is 569. The smallest absolute Gasteiger partial charge is 0.256 e. The second kappa shape index (κ2) is 8.78. The number of amides is 2. The summed E-state index contributed by atoms with van der Waals surface area (Å²) in [5, 5.41) is 2.96. The molecule has 24 heavy (non-hydrogen) atoms. The molecule has 132 valence electrons. The molecule has 0 bridgehead atoms. The molecule has 1 aliphatic heterocycles. The molecule has 2 amide bonds. The zero-order chi connectivity index (χ0) is 17.5. The van der Waals surface area contributed by atoms with E-state index in [4.69, 9.17) is 0 Å². The van der Waals surface area contributed by atoms with Crippen LogP contribution in [0, 0.1) is 11.7 Å². The maximum absolute atomic E-state index is 13.7. The molecule has 1 N–H and O–H groups in total. The van der Waals surface area contributed by atoms with Crippen molar-refractivity contribution < 1.29 is 14.0 Å². The van der Waals surface area contributed by atoms with E-state index in [2.05, 4.69) is 10.2 Å². The van der Waals surface area contributed by atoms with Crippen molar-refractivity contribution in [2.75, 3.05) is 40.3 Å². The van der Waals surface area contributed by atoms with Crippen LogP contribution in [0.3, 0.4) is 0 Å². The second-order valence-electron chi connectivity index (χ2n) is 6.49. The van der Waals surface area contributed by atoms with Crippen LogP contribution in [-0.4, -0.2) is 61.9 Å². The third-order valence-electron chi connectivity index (χ3n) is 4.34. The average molecular weight is 335 g/mol. The minimum Gasteiger partial charge on any atom is -0.356 e. The number of hydrogen-bond donors (Lipinski definition) is 1. The van der Waals surface area contributed by atoms with Gasteiger partial charge in [-0.2, -0.15) is 0 Å². The zero-order valence-corrected chi connectivity index (χ0v) is 14.4. The van der Waals surface area contributed by atoms with Crippen LogP contribution in [0.25, 0.3) is 0 Å². The van der Waals surface area contributed by atoms with Crippen molar-refractivity contribution in [2.24, 2.45) is 5.92 Å². The number of hydrogen-bond acceptors (Lipinski definition) is 3. The lowest BCUT2D eigenvalue weighted by atomic mass is 9.95. The number of carbonyl (C=O) groups excluding carboxylic acids is 2. The van der Waals surface area contributed by atoms with Gasteiger partial charge in [-0.15, -0.1) is 0 Å². The molecule has 2 rings (SSSR count). The van der Waals surface area contributed by atoms with E-state index in [1.54, 1.807) is 17.0 Å². The van der Waals surface area contributed by atoms with Gasteiger partial charge in [-0.05, 0) is 52.0 Å². The summed E-state index contributed by atoms with van der Waals surface area (Å²) >= 11 is 0. The Hall–Kier alpha value is -1.95. The van der Waals surface area contributed by atoms with Crippen LogP contribution >= 0.6 is 0 Å². The van der Waals surface area contributed by atoms with E-state index in [-0.39, 0.29) is 23.3 Å². The van der Waals surface area contributed by atoms with E-state index in [0.29, 0.717) is 32.5 Å². The van der Waals surface area contributed by atoms with E-state index < -0.39 is 5.82 Å². The highest BCUT2D eigenvalue weighted by atomic mass is 19.1. The van der Waals surface area contributed by atoms with E-state index in [0.717, 1.165) is 13.0 Å². The van der Waals surface area contributed by atoms with E-state index in [9.17, 15) is 14.0 Å². The van der Waals surface area contributed by atoms with E-state index in [1.807, 2.05) is 14.1 Å². The number of piperidine rings is 1. The van der Waals surface area contributed by atoms with Crippen molar-refractivity contribution in [1.29, 1.82) is 0 Å². The molecule has 6 heteroatoms. The molecule has 0 saturated carbocycles. The zero-order valence-electron chi connectivity index (χ0n) is 14.4. The van der Waals surface area contributed by atoms with Crippen molar-refractivity contribution in [3.8, 4) is 0 Å². The molecule has 0 radical (unpaired) electrons. The van der Waals surface area contributed by atoms with Gasteiger partial charge >= 0.3 is 0 Å². The van der Waals surface area contributed by atoms with Crippen molar-refractivity contribution in [3.05, 3.63) is 35.6 Å². The topological polar surface area (TPSA) is 52.7 Å². The summed E-state index contributed by atoms with van der Waals surface area (Å²) in [7, 11) is 4.01. The molecule has 0 aromatic heterocycles. The number of nitrogens with zero attached hydrogens (tertiary/aromatic N) is 2. The van der Waals surface area contributed by atoms with Crippen molar-refractivity contribution >= 4 is 11.8 Å². The minimum atomic E-state index is -0.497. The minimum absolute atomic E-state index is 0.0611. The molecule has 1 aromatic rings. The molecule has 1 aliphatic rings. The molecular weight excluding hydrogens is 309 g/mol. The first-order valence-corrected chi connectivity index (χ1v) is 8.45. The highest BCUT2D eigenvalue weighted by Gasteiger charge is 2.28. The molecule has 1 aromatic carbocycles. The monoisotopic (exact) mass is 335 g/mol. The van der Waals surface area contributed by atoms with Crippen LogP contribution in [-0.2, 0) is 4.79 Å². The summed E-state index contributed by atoms with van der Waals surface area (Å²) in [6.45, 7) is 2.59. The van der Waals surface area contributed by atoms with Gasteiger partial charge in [0.05, 0.1) is 5.56 Å². The first kappa shape index (κ1) is 18.4. The van der Waals surface area contributed by atoms with Gasteiger partial charge in [0, 0.05) is 25.6 Å². The highest BCUT2D eigenvalue weighted by Crippen LogP contribution is 2.20. The third-order valence-corrected chi connectivity index (χ3v) is 4.34. The number of rotatable bonds is 6. The maximum atomic E-state index is 13.7. The number of halogens is 1. The summed E-state index contributed by atoms with van der Waals surface area (Å²) in [6.07, 6.45) is 2.17. The lowest BCUT2D eigenvalue weighted by Gasteiger charge is -2.31. The molecule has 1 heterocycles. The second-order valence-corrected chi connectivity index (χ2v) is 6.49. The van der Waals surface area contributed by atoms with Crippen LogP contribution in [0.4, 0.5) is 4.39 Å². The van der Waals surface area contributed by atoms with Gasteiger partial charge in [0.25, 0.3) is 5.91 Å². The molecule has 0 aliphatic carbocycles. The molecule has 1 saturated heterocycles. The standard InChI is InChI=1S/C18H26FN3O2/c1-21(2)11-5-10-20-17(23)14-8-12-22(13-9-14)18(24)15-6-3-4-7-16(15)19/h3-4,6-7,14H,5,8-13H2,1-2H3,(H,20,23). The van der Waals surface area contributed by atoms with Crippen LogP contribution in [0.1, 0.15) is 29.6 Å². The van der Waals surface area contributed by atoms with E-state index in [1.165, 1.54) is 12.1 Å². The summed E-state index contributed by atoms with van der Waals surface area (Å²) in [6, 6.07) is 6.02.